The SMILES string of the molecule is Cc1cc(/C=C2\SC(=O)N(Cc3ccccc3)C2=O)c(C)n1-c1ccc(C(=O)O)cc1. The molecule has 1 fully saturated rings. The van der Waals surface area contributed by atoms with Crippen molar-refractivity contribution in [1.82, 2.24) is 9.47 Å². The predicted octanol–water partition coefficient (Wildman–Crippen LogP) is 5.03. The van der Waals surface area contributed by atoms with E-state index in [1.807, 2.05) is 54.8 Å². The Kier molecular flexibility index (Phi) is 5.52. The Bertz CT molecular complexity index is 1210. The molecule has 3 aromatic rings. The summed E-state index contributed by atoms with van der Waals surface area (Å²) in [6, 6.07) is 18.0. The number of benzene rings is 2. The van der Waals surface area contributed by atoms with Crippen LogP contribution in [0.5, 0.6) is 0 Å². The molecule has 0 saturated carbocycles. The van der Waals surface area contributed by atoms with E-state index in [0.717, 1.165) is 40.0 Å². The molecule has 0 aliphatic carbocycles. The summed E-state index contributed by atoms with van der Waals surface area (Å²) in [5.74, 6) is -1.27. The van der Waals surface area contributed by atoms with Crippen LogP contribution in [0.25, 0.3) is 11.8 Å². The van der Waals surface area contributed by atoms with Crippen LogP contribution in [0, 0.1) is 13.8 Å². The molecule has 31 heavy (non-hydrogen) atoms. The van der Waals surface area contributed by atoms with E-state index in [9.17, 15) is 14.4 Å². The lowest BCUT2D eigenvalue weighted by atomic mass is 10.2. The van der Waals surface area contributed by atoms with Gasteiger partial charge < -0.3 is 9.67 Å². The van der Waals surface area contributed by atoms with Gasteiger partial charge in [-0.15, -0.1) is 0 Å². The van der Waals surface area contributed by atoms with Crippen molar-refractivity contribution in [3.8, 4) is 5.69 Å². The first-order valence-corrected chi connectivity index (χ1v) is 10.5. The summed E-state index contributed by atoms with van der Waals surface area (Å²) in [6.07, 6.45) is 1.75. The molecule has 0 bridgehead atoms. The Morgan fingerprint density at radius 1 is 1.03 bits per heavy atom. The molecule has 6 nitrogen and oxygen atoms in total. The topological polar surface area (TPSA) is 79.6 Å². The number of nitrogens with zero attached hydrogens (tertiary/aromatic N) is 2. The van der Waals surface area contributed by atoms with E-state index in [-0.39, 0.29) is 23.3 Å². The zero-order chi connectivity index (χ0) is 22.1. The summed E-state index contributed by atoms with van der Waals surface area (Å²) in [7, 11) is 0. The fraction of sp³-hybridized carbons (Fsp3) is 0.125. The maximum absolute atomic E-state index is 12.9. The van der Waals surface area contributed by atoms with Crippen molar-refractivity contribution in [2.75, 3.05) is 0 Å². The molecule has 1 N–H and O–H groups in total. The van der Waals surface area contributed by atoms with Gasteiger partial charge >= 0.3 is 5.97 Å². The van der Waals surface area contributed by atoms with E-state index in [1.165, 1.54) is 4.90 Å². The van der Waals surface area contributed by atoms with Gasteiger partial charge in [0.15, 0.2) is 0 Å². The molecule has 0 radical (unpaired) electrons. The number of carboxylic acids is 1. The van der Waals surface area contributed by atoms with Crippen LogP contribution in [0.2, 0.25) is 0 Å². The second kappa shape index (κ2) is 8.28. The highest BCUT2D eigenvalue weighted by molar-refractivity contribution is 8.18. The van der Waals surface area contributed by atoms with Crippen molar-refractivity contribution in [2.45, 2.75) is 20.4 Å². The number of aromatic carboxylic acids is 1. The molecule has 1 saturated heterocycles. The second-order valence-electron chi connectivity index (χ2n) is 7.27. The lowest BCUT2D eigenvalue weighted by molar-refractivity contribution is -0.123. The molecule has 0 atom stereocenters. The van der Waals surface area contributed by atoms with Crippen LogP contribution in [-0.2, 0) is 11.3 Å². The molecule has 1 aromatic heterocycles. The zero-order valence-electron chi connectivity index (χ0n) is 17.0. The van der Waals surface area contributed by atoms with Crippen LogP contribution in [0.3, 0.4) is 0 Å². The van der Waals surface area contributed by atoms with E-state index in [1.54, 1.807) is 30.3 Å². The third-order valence-electron chi connectivity index (χ3n) is 5.19. The molecule has 1 aliphatic heterocycles. The van der Waals surface area contributed by atoms with E-state index >= 15 is 0 Å². The van der Waals surface area contributed by atoms with Gasteiger partial charge in [-0.1, -0.05) is 30.3 Å². The highest BCUT2D eigenvalue weighted by Crippen LogP contribution is 2.34. The molecular weight excluding hydrogens is 412 g/mol. The van der Waals surface area contributed by atoms with E-state index in [0.29, 0.717) is 4.91 Å². The van der Waals surface area contributed by atoms with Crippen LogP contribution in [0.1, 0.15) is 32.9 Å². The van der Waals surface area contributed by atoms with Crippen molar-refractivity contribution in [1.29, 1.82) is 0 Å². The molecule has 4 rings (SSSR count). The molecule has 0 spiro atoms. The third kappa shape index (κ3) is 4.04. The minimum absolute atomic E-state index is 0.221. The molecule has 2 heterocycles. The van der Waals surface area contributed by atoms with Crippen LogP contribution in [-0.4, -0.2) is 31.7 Å². The Balaban J connectivity index is 1.62. The third-order valence-corrected chi connectivity index (χ3v) is 6.09. The van der Waals surface area contributed by atoms with Crippen molar-refractivity contribution in [3.63, 3.8) is 0 Å². The van der Waals surface area contributed by atoms with Crippen LogP contribution in [0.4, 0.5) is 4.79 Å². The number of thioether (sulfide) groups is 1. The van der Waals surface area contributed by atoms with Gasteiger partial charge in [-0.25, -0.2) is 4.79 Å². The summed E-state index contributed by atoms with van der Waals surface area (Å²) in [5, 5.41) is 8.82. The number of carbonyl (C=O) groups is 3. The van der Waals surface area contributed by atoms with E-state index in [2.05, 4.69) is 0 Å². The molecule has 7 heteroatoms. The van der Waals surface area contributed by atoms with Gasteiger partial charge in [0.2, 0.25) is 0 Å². The molecule has 156 valence electrons. The summed E-state index contributed by atoms with van der Waals surface area (Å²) in [4.78, 5) is 38.0. The lowest BCUT2D eigenvalue weighted by Gasteiger charge is -2.12. The lowest BCUT2D eigenvalue weighted by Crippen LogP contribution is -2.27. The highest BCUT2D eigenvalue weighted by Gasteiger charge is 2.35. The average molecular weight is 433 g/mol. The van der Waals surface area contributed by atoms with Gasteiger partial charge in [0.05, 0.1) is 17.0 Å². The van der Waals surface area contributed by atoms with Crippen LogP contribution in [0.15, 0.2) is 65.6 Å². The predicted molar refractivity (Wildman–Crippen MR) is 120 cm³/mol. The smallest absolute Gasteiger partial charge is 0.335 e. The van der Waals surface area contributed by atoms with Gasteiger partial charge in [0, 0.05) is 17.1 Å². The van der Waals surface area contributed by atoms with Crippen molar-refractivity contribution in [3.05, 3.63) is 93.6 Å². The number of carbonyl (C=O) groups excluding carboxylic acids is 2. The summed E-state index contributed by atoms with van der Waals surface area (Å²) in [5.41, 5.74) is 4.63. The second-order valence-corrected chi connectivity index (χ2v) is 8.26. The number of amides is 2. The van der Waals surface area contributed by atoms with Crippen molar-refractivity contribution in [2.24, 2.45) is 0 Å². The fourth-order valence-corrected chi connectivity index (χ4v) is 4.46. The van der Waals surface area contributed by atoms with Gasteiger partial charge in [0.1, 0.15) is 0 Å². The minimum Gasteiger partial charge on any atom is -0.478 e. The van der Waals surface area contributed by atoms with Crippen molar-refractivity contribution >= 4 is 35.0 Å². The largest absolute Gasteiger partial charge is 0.478 e. The number of carboxylic acid groups (broad SMARTS) is 1. The summed E-state index contributed by atoms with van der Waals surface area (Å²) in [6.45, 7) is 4.12. The maximum Gasteiger partial charge on any atom is 0.335 e. The van der Waals surface area contributed by atoms with Gasteiger partial charge in [-0.05, 0) is 73.1 Å². The molecule has 2 aromatic carbocycles. The molecular formula is C24H20N2O4S. The number of rotatable bonds is 5. The number of aryl methyl sites for hydroxylation is 1. The fourth-order valence-electron chi connectivity index (χ4n) is 3.63. The Labute approximate surface area is 183 Å². The molecule has 1 aliphatic rings. The number of hydrogen-bond acceptors (Lipinski definition) is 4. The first-order chi connectivity index (χ1) is 14.8. The molecule has 0 unspecified atom stereocenters. The van der Waals surface area contributed by atoms with Gasteiger partial charge in [-0.3, -0.25) is 14.5 Å². The van der Waals surface area contributed by atoms with E-state index < -0.39 is 5.97 Å². The highest BCUT2D eigenvalue weighted by atomic mass is 32.2. The van der Waals surface area contributed by atoms with Crippen molar-refractivity contribution < 1.29 is 19.5 Å². The normalized spacial score (nSPS) is 15.2. The minimum atomic E-state index is -0.973. The first-order valence-electron chi connectivity index (χ1n) is 9.67. The monoisotopic (exact) mass is 432 g/mol. The quantitative estimate of drug-likeness (QED) is 0.572. The van der Waals surface area contributed by atoms with E-state index in [4.69, 9.17) is 5.11 Å². The van der Waals surface area contributed by atoms with Gasteiger partial charge in [-0.2, -0.15) is 0 Å². The average Bonchev–Trinajstić information content (AvgIpc) is 3.18. The number of hydrogen-bond donors (Lipinski definition) is 1. The van der Waals surface area contributed by atoms with Gasteiger partial charge in [0.25, 0.3) is 11.1 Å². The standard InChI is InChI=1S/C24H20N2O4S/c1-15-12-19(16(2)26(15)20-10-8-18(9-11-20)23(28)29)13-21-22(27)25(24(30)31-21)14-17-6-4-3-5-7-17/h3-13H,14H2,1-2H3,(H,28,29)/b21-13-. The van der Waals surface area contributed by atoms with Crippen LogP contribution >= 0.6 is 11.8 Å². The molecule has 2 amide bonds. The number of aromatic nitrogens is 1. The Hall–Kier alpha value is -3.58. The first kappa shape index (κ1) is 20.7. The zero-order valence-corrected chi connectivity index (χ0v) is 17.8. The Morgan fingerprint density at radius 3 is 2.35 bits per heavy atom. The maximum atomic E-state index is 12.9. The van der Waals surface area contributed by atoms with Crippen LogP contribution < -0.4 is 0 Å². The Morgan fingerprint density at radius 2 is 1.71 bits per heavy atom. The summed E-state index contributed by atoms with van der Waals surface area (Å²) < 4.78 is 1.99. The summed E-state index contributed by atoms with van der Waals surface area (Å²) >= 11 is 0.945. The number of imide groups is 1.